The first kappa shape index (κ1) is 15.4. The summed E-state index contributed by atoms with van der Waals surface area (Å²) < 4.78 is 26.9. The van der Waals surface area contributed by atoms with Crippen LogP contribution in [0.3, 0.4) is 0 Å². The molecule has 2 atom stereocenters. The second-order valence-electron chi connectivity index (χ2n) is 5.59. The second kappa shape index (κ2) is 7.14. The molecule has 0 bridgehead atoms. The summed E-state index contributed by atoms with van der Waals surface area (Å²) in [5.41, 5.74) is 0.460. The van der Waals surface area contributed by atoms with E-state index < -0.39 is 0 Å². The Morgan fingerprint density at radius 2 is 2.10 bits per heavy atom. The standard InChI is InChI=1S/C16H24F2N2/c1-3-12-10-20(8-7-16(12)19-4-2)11-13-9-14(17)5-6-15(13)18/h5-6,9,12,16,19H,3-4,7-8,10-11H2,1-2H3. The fraction of sp³-hybridized carbons (Fsp3) is 0.625. The zero-order valence-electron chi connectivity index (χ0n) is 12.3. The molecule has 112 valence electrons. The van der Waals surface area contributed by atoms with Crippen LogP contribution in [0.25, 0.3) is 0 Å². The lowest BCUT2D eigenvalue weighted by Crippen LogP contribution is -2.48. The van der Waals surface area contributed by atoms with Gasteiger partial charge in [-0.1, -0.05) is 20.3 Å². The molecule has 0 saturated carbocycles. The van der Waals surface area contributed by atoms with Crippen molar-refractivity contribution in [1.82, 2.24) is 10.2 Å². The molecule has 4 heteroatoms. The molecule has 2 unspecified atom stereocenters. The number of nitrogens with one attached hydrogen (secondary N) is 1. The Morgan fingerprint density at radius 1 is 1.30 bits per heavy atom. The molecule has 0 radical (unpaired) electrons. The summed E-state index contributed by atoms with van der Waals surface area (Å²) in [5.74, 6) is -0.0930. The average Bonchev–Trinajstić information content (AvgIpc) is 2.44. The van der Waals surface area contributed by atoms with E-state index >= 15 is 0 Å². The Bertz CT molecular complexity index is 436. The molecular weight excluding hydrogens is 258 g/mol. The topological polar surface area (TPSA) is 15.3 Å². The predicted molar refractivity (Wildman–Crippen MR) is 77.5 cm³/mol. The predicted octanol–water partition coefficient (Wildman–Crippen LogP) is 3.17. The summed E-state index contributed by atoms with van der Waals surface area (Å²) in [6, 6.07) is 4.25. The van der Waals surface area contributed by atoms with Crippen LogP contribution in [-0.4, -0.2) is 30.6 Å². The summed E-state index contributed by atoms with van der Waals surface area (Å²) in [6.07, 6.45) is 2.18. The molecule has 1 saturated heterocycles. The van der Waals surface area contributed by atoms with E-state index in [4.69, 9.17) is 0 Å². The lowest BCUT2D eigenvalue weighted by molar-refractivity contribution is 0.128. The van der Waals surface area contributed by atoms with Gasteiger partial charge >= 0.3 is 0 Å². The van der Waals surface area contributed by atoms with Gasteiger partial charge in [0.05, 0.1) is 0 Å². The average molecular weight is 282 g/mol. The minimum Gasteiger partial charge on any atom is -0.314 e. The van der Waals surface area contributed by atoms with Crippen LogP contribution in [0.5, 0.6) is 0 Å². The Morgan fingerprint density at radius 3 is 2.80 bits per heavy atom. The monoisotopic (exact) mass is 282 g/mol. The van der Waals surface area contributed by atoms with Crippen molar-refractivity contribution in [3.8, 4) is 0 Å². The van der Waals surface area contributed by atoms with Crippen LogP contribution in [0.4, 0.5) is 8.78 Å². The van der Waals surface area contributed by atoms with E-state index in [1.165, 1.54) is 18.2 Å². The van der Waals surface area contributed by atoms with Crippen molar-refractivity contribution in [2.45, 2.75) is 39.3 Å². The molecule has 1 aromatic carbocycles. The molecule has 1 N–H and O–H groups in total. The zero-order chi connectivity index (χ0) is 14.5. The highest BCUT2D eigenvalue weighted by Crippen LogP contribution is 2.22. The molecule has 1 aliphatic heterocycles. The molecule has 1 heterocycles. The van der Waals surface area contributed by atoms with Gasteiger partial charge in [-0.2, -0.15) is 0 Å². The fourth-order valence-electron chi connectivity index (χ4n) is 3.10. The van der Waals surface area contributed by atoms with E-state index in [-0.39, 0.29) is 11.6 Å². The van der Waals surface area contributed by atoms with Crippen molar-refractivity contribution in [3.05, 3.63) is 35.4 Å². The number of halogens is 2. The Labute approximate surface area is 120 Å². The molecule has 1 aliphatic rings. The van der Waals surface area contributed by atoms with Crippen LogP contribution in [0.1, 0.15) is 32.3 Å². The van der Waals surface area contributed by atoms with Gasteiger partial charge < -0.3 is 5.32 Å². The number of hydrogen-bond acceptors (Lipinski definition) is 2. The van der Waals surface area contributed by atoms with E-state index in [9.17, 15) is 8.78 Å². The number of benzene rings is 1. The Balaban J connectivity index is 1.99. The van der Waals surface area contributed by atoms with Crippen LogP contribution in [0.2, 0.25) is 0 Å². The number of rotatable bonds is 5. The normalized spacial score (nSPS) is 24.0. The number of likely N-dealkylation sites (tertiary alicyclic amines) is 1. The van der Waals surface area contributed by atoms with E-state index in [0.29, 0.717) is 24.1 Å². The van der Waals surface area contributed by atoms with Gasteiger partial charge in [-0.05, 0) is 43.6 Å². The first-order valence-electron chi connectivity index (χ1n) is 7.53. The highest BCUT2D eigenvalue weighted by Gasteiger charge is 2.27. The highest BCUT2D eigenvalue weighted by atomic mass is 19.1. The van der Waals surface area contributed by atoms with Gasteiger partial charge in [0, 0.05) is 24.7 Å². The molecule has 20 heavy (non-hydrogen) atoms. The third kappa shape index (κ3) is 3.76. The lowest BCUT2D eigenvalue weighted by Gasteiger charge is -2.38. The van der Waals surface area contributed by atoms with Gasteiger partial charge in [0.25, 0.3) is 0 Å². The van der Waals surface area contributed by atoms with Crippen molar-refractivity contribution in [2.24, 2.45) is 5.92 Å². The van der Waals surface area contributed by atoms with Crippen molar-refractivity contribution in [1.29, 1.82) is 0 Å². The fourth-order valence-corrected chi connectivity index (χ4v) is 3.10. The maximum atomic E-state index is 13.7. The maximum absolute atomic E-state index is 13.7. The molecule has 0 amide bonds. The van der Waals surface area contributed by atoms with Gasteiger partial charge in [-0.3, -0.25) is 4.90 Å². The van der Waals surface area contributed by atoms with Gasteiger partial charge in [-0.25, -0.2) is 8.78 Å². The molecule has 0 aliphatic carbocycles. The zero-order valence-corrected chi connectivity index (χ0v) is 12.3. The summed E-state index contributed by atoms with van der Waals surface area (Å²) in [4.78, 5) is 2.24. The van der Waals surface area contributed by atoms with E-state index in [0.717, 1.165) is 32.5 Å². The SMILES string of the molecule is CCNC1CCN(Cc2cc(F)ccc2F)CC1CC. The van der Waals surface area contributed by atoms with Gasteiger partial charge in [-0.15, -0.1) is 0 Å². The minimum atomic E-state index is -0.365. The smallest absolute Gasteiger partial charge is 0.127 e. The molecule has 1 fully saturated rings. The quantitative estimate of drug-likeness (QED) is 0.892. The van der Waals surface area contributed by atoms with E-state index in [1.54, 1.807) is 0 Å². The molecule has 2 nitrogen and oxygen atoms in total. The summed E-state index contributed by atoms with van der Waals surface area (Å²) in [6.45, 7) is 7.69. The second-order valence-corrected chi connectivity index (χ2v) is 5.59. The molecule has 0 spiro atoms. The minimum absolute atomic E-state index is 0.312. The number of nitrogens with zero attached hydrogens (tertiary/aromatic N) is 1. The van der Waals surface area contributed by atoms with Gasteiger partial charge in [0.2, 0.25) is 0 Å². The van der Waals surface area contributed by atoms with Crippen molar-refractivity contribution in [3.63, 3.8) is 0 Å². The molecule has 1 aromatic rings. The first-order valence-corrected chi connectivity index (χ1v) is 7.53. The van der Waals surface area contributed by atoms with Crippen LogP contribution >= 0.6 is 0 Å². The molecular formula is C16H24F2N2. The first-order chi connectivity index (χ1) is 9.63. The van der Waals surface area contributed by atoms with Crippen molar-refractivity contribution >= 4 is 0 Å². The Hall–Kier alpha value is -1.00. The summed E-state index contributed by atoms with van der Waals surface area (Å²) in [5, 5.41) is 3.53. The number of piperidine rings is 1. The van der Waals surface area contributed by atoms with Gasteiger partial charge in [0.15, 0.2) is 0 Å². The molecule has 2 rings (SSSR count). The van der Waals surface area contributed by atoms with Crippen LogP contribution < -0.4 is 5.32 Å². The summed E-state index contributed by atoms with van der Waals surface area (Å²) >= 11 is 0. The maximum Gasteiger partial charge on any atom is 0.127 e. The van der Waals surface area contributed by atoms with Crippen molar-refractivity contribution in [2.75, 3.05) is 19.6 Å². The van der Waals surface area contributed by atoms with Crippen molar-refractivity contribution < 1.29 is 8.78 Å². The van der Waals surface area contributed by atoms with Crippen LogP contribution in [-0.2, 0) is 6.54 Å². The third-order valence-electron chi connectivity index (χ3n) is 4.21. The number of hydrogen-bond donors (Lipinski definition) is 1. The van der Waals surface area contributed by atoms with Crippen LogP contribution in [0, 0.1) is 17.6 Å². The lowest BCUT2D eigenvalue weighted by atomic mass is 9.89. The molecule has 0 aromatic heterocycles. The van der Waals surface area contributed by atoms with Gasteiger partial charge in [0.1, 0.15) is 11.6 Å². The Kier molecular flexibility index (Phi) is 5.49. The van der Waals surface area contributed by atoms with E-state index in [2.05, 4.69) is 24.1 Å². The summed E-state index contributed by atoms with van der Waals surface area (Å²) in [7, 11) is 0. The van der Waals surface area contributed by atoms with E-state index in [1.807, 2.05) is 0 Å². The third-order valence-corrected chi connectivity index (χ3v) is 4.21. The van der Waals surface area contributed by atoms with Crippen LogP contribution in [0.15, 0.2) is 18.2 Å². The highest BCUT2D eigenvalue weighted by molar-refractivity contribution is 5.18. The largest absolute Gasteiger partial charge is 0.314 e.